The van der Waals surface area contributed by atoms with Gasteiger partial charge < -0.3 is 4.90 Å². The van der Waals surface area contributed by atoms with E-state index < -0.39 is 0 Å². The standard InChI is InChI=1S/C27H31N3/c1-5-30(6-2)26-14-12-24(13-15-26)29-25-17-22(18-27(3,4)19-25)23(20-28)16-21-10-8-7-9-11-21/h7-17H,5-6,18-19H2,1-4H3/b23-16+,29-25?. The van der Waals surface area contributed by atoms with Crippen molar-refractivity contribution in [3.63, 3.8) is 0 Å². The molecule has 1 aliphatic rings. The van der Waals surface area contributed by atoms with E-state index in [1.54, 1.807) is 0 Å². The van der Waals surface area contributed by atoms with Crippen molar-refractivity contribution in [2.45, 2.75) is 40.5 Å². The highest BCUT2D eigenvalue weighted by Crippen LogP contribution is 2.38. The van der Waals surface area contributed by atoms with Crippen molar-refractivity contribution in [2.24, 2.45) is 10.4 Å². The van der Waals surface area contributed by atoms with Crippen molar-refractivity contribution in [2.75, 3.05) is 18.0 Å². The van der Waals surface area contributed by atoms with Gasteiger partial charge in [0.15, 0.2) is 0 Å². The van der Waals surface area contributed by atoms with Crippen LogP contribution < -0.4 is 4.90 Å². The molecule has 3 rings (SSSR count). The van der Waals surface area contributed by atoms with Crippen molar-refractivity contribution < 1.29 is 0 Å². The molecule has 0 bridgehead atoms. The van der Waals surface area contributed by atoms with Gasteiger partial charge in [0.1, 0.15) is 0 Å². The van der Waals surface area contributed by atoms with Crippen LogP contribution in [0.5, 0.6) is 0 Å². The average Bonchev–Trinajstić information content (AvgIpc) is 2.73. The smallest absolute Gasteiger partial charge is 0.0994 e. The van der Waals surface area contributed by atoms with Crippen LogP contribution in [0, 0.1) is 16.7 Å². The van der Waals surface area contributed by atoms with Crippen molar-refractivity contribution in [3.8, 4) is 6.07 Å². The summed E-state index contributed by atoms with van der Waals surface area (Å²) in [7, 11) is 0. The van der Waals surface area contributed by atoms with E-state index in [1.165, 1.54) is 5.69 Å². The Kier molecular flexibility index (Phi) is 6.90. The molecule has 3 heteroatoms. The number of hydrogen-bond donors (Lipinski definition) is 0. The first kappa shape index (κ1) is 21.6. The molecule has 1 aliphatic carbocycles. The summed E-state index contributed by atoms with van der Waals surface area (Å²) in [6.07, 6.45) is 5.86. The Bertz CT molecular complexity index is 983. The maximum absolute atomic E-state index is 9.81. The van der Waals surface area contributed by atoms with Gasteiger partial charge in [0, 0.05) is 24.5 Å². The molecule has 2 aromatic rings. The van der Waals surface area contributed by atoms with E-state index in [0.29, 0.717) is 0 Å². The molecule has 0 atom stereocenters. The van der Waals surface area contributed by atoms with E-state index in [0.717, 1.165) is 54.0 Å². The number of aliphatic imine (C=N–C) groups is 1. The molecule has 0 saturated carbocycles. The van der Waals surface area contributed by atoms with Crippen LogP contribution >= 0.6 is 0 Å². The molecule has 0 unspecified atom stereocenters. The lowest BCUT2D eigenvalue weighted by Crippen LogP contribution is -2.22. The molecule has 0 radical (unpaired) electrons. The molecule has 30 heavy (non-hydrogen) atoms. The number of benzene rings is 2. The zero-order valence-corrected chi connectivity index (χ0v) is 18.5. The summed E-state index contributed by atoms with van der Waals surface area (Å²) in [4.78, 5) is 7.25. The van der Waals surface area contributed by atoms with Crippen molar-refractivity contribution in [3.05, 3.63) is 77.4 Å². The fourth-order valence-corrected chi connectivity index (χ4v) is 4.02. The van der Waals surface area contributed by atoms with Gasteiger partial charge in [-0.1, -0.05) is 44.2 Å². The van der Waals surface area contributed by atoms with Crippen LogP contribution in [0.3, 0.4) is 0 Å². The first-order chi connectivity index (χ1) is 14.4. The average molecular weight is 398 g/mol. The highest BCUT2D eigenvalue weighted by Gasteiger charge is 2.28. The SMILES string of the molecule is CCN(CC)c1ccc(N=C2C=C(/C(C#N)=C/c3ccccc3)CC(C)(C)C2)cc1. The van der Waals surface area contributed by atoms with Gasteiger partial charge in [0.05, 0.1) is 17.3 Å². The van der Waals surface area contributed by atoms with Gasteiger partial charge in [-0.05, 0) is 79.7 Å². The van der Waals surface area contributed by atoms with E-state index >= 15 is 0 Å². The third-order valence-corrected chi connectivity index (χ3v) is 5.50. The number of hydrogen-bond acceptors (Lipinski definition) is 3. The van der Waals surface area contributed by atoms with Crippen LogP contribution in [0.15, 0.2) is 76.8 Å². The number of allylic oxidation sites excluding steroid dienone is 3. The Morgan fingerprint density at radius 3 is 2.30 bits per heavy atom. The van der Waals surface area contributed by atoms with Gasteiger partial charge in [-0.15, -0.1) is 0 Å². The summed E-state index contributed by atoms with van der Waals surface area (Å²) in [5, 5.41) is 9.81. The largest absolute Gasteiger partial charge is 0.372 e. The predicted molar refractivity (Wildman–Crippen MR) is 128 cm³/mol. The minimum Gasteiger partial charge on any atom is -0.372 e. The summed E-state index contributed by atoms with van der Waals surface area (Å²) < 4.78 is 0. The number of anilines is 1. The number of rotatable bonds is 6. The molecule has 0 aromatic heterocycles. The topological polar surface area (TPSA) is 39.4 Å². The lowest BCUT2D eigenvalue weighted by atomic mass is 9.74. The summed E-state index contributed by atoms with van der Waals surface area (Å²) in [5.74, 6) is 0. The third kappa shape index (κ3) is 5.48. The zero-order chi connectivity index (χ0) is 21.6. The summed E-state index contributed by atoms with van der Waals surface area (Å²) in [6, 6.07) is 20.9. The lowest BCUT2D eigenvalue weighted by molar-refractivity contribution is 0.376. The minimum atomic E-state index is 0.0662. The molecule has 0 N–H and O–H groups in total. The number of nitrogens with zero attached hydrogens (tertiary/aromatic N) is 3. The van der Waals surface area contributed by atoms with Gasteiger partial charge in [-0.3, -0.25) is 4.99 Å². The van der Waals surface area contributed by atoms with Gasteiger partial charge in [0.25, 0.3) is 0 Å². The second kappa shape index (κ2) is 9.59. The Labute approximate surface area is 181 Å². The molecule has 0 aliphatic heterocycles. The molecule has 0 fully saturated rings. The molecule has 0 spiro atoms. The Hall–Kier alpha value is -3.12. The summed E-state index contributed by atoms with van der Waals surface area (Å²) in [6.45, 7) is 10.8. The van der Waals surface area contributed by atoms with E-state index in [4.69, 9.17) is 4.99 Å². The molecule has 154 valence electrons. The molecule has 0 amide bonds. The molecule has 2 aromatic carbocycles. The maximum Gasteiger partial charge on any atom is 0.0994 e. The zero-order valence-electron chi connectivity index (χ0n) is 18.5. The second-order valence-electron chi connectivity index (χ2n) is 8.56. The first-order valence-electron chi connectivity index (χ1n) is 10.7. The monoisotopic (exact) mass is 397 g/mol. The number of nitriles is 1. The fraction of sp³-hybridized carbons (Fsp3) is 0.333. The van der Waals surface area contributed by atoms with Crippen LogP contribution in [0.1, 0.15) is 46.1 Å². The summed E-state index contributed by atoms with van der Waals surface area (Å²) in [5.41, 5.74) is 6.11. The fourth-order valence-electron chi connectivity index (χ4n) is 4.02. The Morgan fingerprint density at radius 1 is 1.03 bits per heavy atom. The lowest BCUT2D eigenvalue weighted by Gasteiger charge is -2.30. The third-order valence-electron chi connectivity index (χ3n) is 5.50. The molecular weight excluding hydrogens is 366 g/mol. The molecule has 3 nitrogen and oxygen atoms in total. The predicted octanol–water partition coefficient (Wildman–Crippen LogP) is 6.96. The van der Waals surface area contributed by atoms with Crippen molar-refractivity contribution in [1.82, 2.24) is 0 Å². The van der Waals surface area contributed by atoms with Gasteiger partial charge in [-0.25, -0.2) is 0 Å². The van der Waals surface area contributed by atoms with E-state index in [1.807, 2.05) is 36.4 Å². The molecule has 0 saturated heterocycles. The molecular formula is C27H31N3. The Morgan fingerprint density at radius 2 is 1.70 bits per heavy atom. The van der Waals surface area contributed by atoms with E-state index in [9.17, 15) is 5.26 Å². The van der Waals surface area contributed by atoms with Gasteiger partial charge in [0.2, 0.25) is 0 Å². The van der Waals surface area contributed by atoms with E-state index in [2.05, 4.69) is 69.0 Å². The van der Waals surface area contributed by atoms with Crippen LogP contribution in [0.2, 0.25) is 0 Å². The van der Waals surface area contributed by atoms with Crippen LogP contribution in [-0.2, 0) is 0 Å². The van der Waals surface area contributed by atoms with Crippen LogP contribution in [0.25, 0.3) is 6.08 Å². The summed E-state index contributed by atoms with van der Waals surface area (Å²) >= 11 is 0. The normalized spacial score (nSPS) is 17.4. The highest BCUT2D eigenvalue weighted by molar-refractivity contribution is 5.99. The minimum absolute atomic E-state index is 0.0662. The van der Waals surface area contributed by atoms with Crippen molar-refractivity contribution in [1.29, 1.82) is 5.26 Å². The van der Waals surface area contributed by atoms with Crippen LogP contribution in [0.4, 0.5) is 11.4 Å². The van der Waals surface area contributed by atoms with Gasteiger partial charge >= 0.3 is 0 Å². The first-order valence-corrected chi connectivity index (χ1v) is 10.7. The highest BCUT2D eigenvalue weighted by atomic mass is 15.1. The second-order valence-corrected chi connectivity index (χ2v) is 8.56. The quantitative estimate of drug-likeness (QED) is 0.494. The van der Waals surface area contributed by atoms with Crippen LogP contribution in [-0.4, -0.2) is 18.8 Å². The maximum atomic E-state index is 9.81. The van der Waals surface area contributed by atoms with Gasteiger partial charge in [-0.2, -0.15) is 5.26 Å². The van der Waals surface area contributed by atoms with E-state index in [-0.39, 0.29) is 5.41 Å². The van der Waals surface area contributed by atoms with Crippen molar-refractivity contribution >= 4 is 23.2 Å². The molecule has 0 heterocycles. The Balaban J connectivity index is 1.92.